The SMILES string of the molecule is CC1(C)c2ccccc2-c2ccc(N(c3ccc(-c4ccccc4)cc3)c3ccc4c(c3)C3(CCC5CCCC(CC3)C5)c3ccccc3-4)cc21. The molecule has 10 rings (SSSR count). The Bertz CT molecular complexity index is 2240. The maximum absolute atomic E-state index is 2.60. The number of anilines is 3. The van der Waals surface area contributed by atoms with Gasteiger partial charge in [-0.15, -0.1) is 0 Å². The third kappa shape index (κ3) is 4.88. The molecule has 2 bridgehead atoms. The van der Waals surface area contributed by atoms with Crippen molar-refractivity contribution in [2.75, 3.05) is 4.90 Å². The van der Waals surface area contributed by atoms with Crippen LogP contribution in [0.2, 0.25) is 0 Å². The molecule has 0 aliphatic heterocycles. The second-order valence-corrected chi connectivity index (χ2v) is 16.5. The monoisotopic (exact) mass is 661 g/mol. The molecule has 252 valence electrons. The second-order valence-electron chi connectivity index (χ2n) is 16.5. The van der Waals surface area contributed by atoms with Crippen LogP contribution >= 0.6 is 0 Å². The Labute approximate surface area is 304 Å². The van der Waals surface area contributed by atoms with Gasteiger partial charge < -0.3 is 4.90 Å². The zero-order valence-corrected chi connectivity index (χ0v) is 30.0. The predicted molar refractivity (Wildman–Crippen MR) is 214 cm³/mol. The van der Waals surface area contributed by atoms with Crippen LogP contribution in [-0.2, 0) is 10.8 Å². The average molecular weight is 662 g/mol. The third-order valence-electron chi connectivity index (χ3n) is 13.4. The van der Waals surface area contributed by atoms with Gasteiger partial charge in [-0.05, 0) is 136 Å². The number of fused-ring (bicyclic) bond motifs is 10. The minimum Gasteiger partial charge on any atom is -0.310 e. The van der Waals surface area contributed by atoms with E-state index in [1.54, 1.807) is 11.1 Å². The molecule has 0 amide bonds. The Morgan fingerprint density at radius 1 is 0.451 bits per heavy atom. The number of rotatable bonds is 4. The van der Waals surface area contributed by atoms with Gasteiger partial charge in [0.15, 0.2) is 0 Å². The Hall–Kier alpha value is -4.88. The molecule has 0 N–H and O–H groups in total. The molecule has 1 spiro atoms. The molecule has 51 heavy (non-hydrogen) atoms. The lowest BCUT2D eigenvalue weighted by molar-refractivity contribution is 0.189. The molecule has 4 aliphatic carbocycles. The third-order valence-corrected chi connectivity index (χ3v) is 13.4. The Kier molecular flexibility index (Phi) is 7.18. The van der Waals surface area contributed by atoms with E-state index in [9.17, 15) is 0 Å². The summed E-state index contributed by atoms with van der Waals surface area (Å²) in [6, 6.07) is 53.0. The van der Waals surface area contributed by atoms with E-state index in [-0.39, 0.29) is 10.8 Å². The van der Waals surface area contributed by atoms with Crippen LogP contribution in [0.25, 0.3) is 33.4 Å². The first kappa shape index (κ1) is 30.9. The summed E-state index contributed by atoms with van der Waals surface area (Å²) in [7, 11) is 0. The van der Waals surface area contributed by atoms with Gasteiger partial charge in [0.05, 0.1) is 0 Å². The lowest BCUT2D eigenvalue weighted by atomic mass is 9.64. The van der Waals surface area contributed by atoms with Crippen LogP contribution < -0.4 is 4.90 Å². The summed E-state index contributed by atoms with van der Waals surface area (Å²) < 4.78 is 0. The lowest BCUT2D eigenvalue weighted by Gasteiger charge is -2.41. The van der Waals surface area contributed by atoms with Gasteiger partial charge in [-0.2, -0.15) is 0 Å². The molecule has 6 aromatic carbocycles. The van der Waals surface area contributed by atoms with Gasteiger partial charge >= 0.3 is 0 Å². The summed E-state index contributed by atoms with van der Waals surface area (Å²) in [6.07, 6.45) is 10.9. The molecule has 0 aromatic heterocycles. The molecule has 2 unspecified atom stereocenters. The van der Waals surface area contributed by atoms with E-state index in [1.165, 1.54) is 113 Å². The van der Waals surface area contributed by atoms with E-state index >= 15 is 0 Å². The van der Waals surface area contributed by atoms with Crippen molar-refractivity contribution in [3.05, 3.63) is 162 Å². The zero-order chi connectivity index (χ0) is 34.2. The van der Waals surface area contributed by atoms with E-state index in [0.717, 1.165) is 11.8 Å². The molecule has 2 atom stereocenters. The van der Waals surface area contributed by atoms with Gasteiger partial charge in [0.2, 0.25) is 0 Å². The van der Waals surface area contributed by atoms with Gasteiger partial charge in [-0.1, -0.05) is 136 Å². The Morgan fingerprint density at radius 2 is 0.961 bits per heavy atom. The maximum atomic E-state index is 2.60. The highest BCUT2D eigenvalue weighted by atomic mass is 15.1. The second kappa shape index (κ2) is 11.8. The number of hydrogen-bond donors (Lipinski definition) is 0. The number of benzene rings is 6. The summed E-state index contributed by atoms with van der Waals surface area (Å²) in [5, 5.41) is 0. The number of nitrogens with zero attached hydrogens (tertiary/aromatic N) is 1. The predicted octanol–water partition coefficient (Wildman–Crippen LogP) is 13.8. The van der Waals surface area contributed by atoms with Crippen LogP contribution in [0.3, 0.4) is 0 Å². The fourth-order valence-electron chi connectivity index (χ4n) is 10.8. The highest BCUT2D eigenvalue weighted by molar-refractivity contribution is 5.88. The van der Waals surface area contributed by atoms with Crippen LogP contribution in [0, 0.1) is 11.8 Å². The topological polar surface area (TPSA) is 3.24 Å². The molecule has 2 fully saturated rings. The van der Waals surface area contributed by atoms with Crippen molar-refractivity contribution in [3.8, 4) is 33.4 Å². The van der Waals surface area contributed by atoms with Crippen LogP contribution in [0.4, 0.5) is 17.1 Å². The smallest absolute Gasteiger partial charge is 0.0465 e. The largest absolute Gasteiger partial charge is 0.310 e. The van der Waals surface area contributed by atoms with Gasteiger partial charge in [0.25, 0.3) is 0 Å². The van der Waals surface area contributed by atoms with Crippen LogP contribution in [-0.4, -0.2) is 0 Å². The fraction of sp³-hybridized carbons (Fsp3) is 0.280. The van der Waals surface area contributed by atoms with Gasteiger partial charge in [-0.3, -0.25) is 0 Å². The molecule has 0 heterocycles. The zero-order valence-electron chi connectivity index (χ0n) is 30.0. The molecule has 0 saturated heterocycles. The van der Waals surface area contributed by atoms with Crippen LogP contribution in [0.1, 0.15) is 87.5 Å². The van der Waals surface area contributed by atoms with Crippen LogP contribution in [0.15, 0.2) is 140 Å². The molecule has 4 aliphatic rings. The summed E-state index contributed by atoms with van der Waals surface area (Å²) >= 11 is 0. The molecule has 2 saturated carbocycles. The Balaban J connectivity index is 1.14. The van der Waals surface area contributed by atoms with E-state index in [1.807, 2.05) is 0 Å². The van der Waals surface area contributed by atoms with E-state index in [4.69, 9.17) is 0 Å². The van der Waals surface area contributed by atoms with Crippen molar-refractivity contribution < 1.29 is 0 Å². The highest BCUT2D eigenvalue weighted by Crippen LogP contribution is 2.58. The quantitative estimate of drug-likeness (QED) is 0.182. The molecular weight excluding hydrogens is 615 g/mol. The Morgan fingerprint density at radius 3 is 1.65 bits per heavy atom. The minimum atomic E-state index is -0.0642. The number of hydrogen-bond acceptors (Lipinski definition) is 1. The van der Waals surface area contributed by atoms with Crippen molar-refractivity contribution in [2.24, 2.45) is 11.8 Å². The van der Waals surface area contributed by atoms with Crippen molar-refractivity contribution in [1.82, 2.24) is 0 Å². The summed E-state index contributed by atoms with van der Waals surface area (Å²) in [6.45, 7) is 4.78. The highest BCUT2D eigenvalue weighted by Gasteiger charge is 2.45. The summed E-state index contributed by atoms with van der Waals surface area (Å²) in [5.41, 5.74) is 17.8. The van der Waals surface area contributed by atoms with Crippen molar-refractivity contribution >= 4 is 17.1 Å². The summed E-state index contributed by atoms with van der Waals surface area (Å²) in [5.74, 6) is 1.78. The molecule has 1 nitrogen and oxygen atoms in total. The van der Waals surface area contributed by atoms with Gasteiger partial charge in [-0.25, -0.2) is 0 Å². The molecule has 1 heteroatoms. The van der Waals surface area contributed by atoms with Gasteiger partial charge in [0, 0.05) is 27.9 Å². The van der Waals surface area contributed by atoms with Crippen LogP contribution in [0.5, 0.6) is 0 Å². The normalized spacial score (nSPS) is 22.3. The first-order valence-corrected chi connectivity index (χ1v) is 19.4. The first-order valence-electron chi connectivity index (χ1n) is 19.4. The van der Waals surface area contributed by atoms with Gasteiger partial charge in [0.1, 0.15) is 0 Å². The lowest BCUT2D eigenvalue weighted by Crippen LogP contribution is -2.31. The van der Waals surface area contributed by atoms with Crippen molar-refractivity contribution in [3.63, 3.8) is 0 Å². The average Bonchev–Trinajstić information content (AvgIpc) is 3.58. The van der Waals surface area contributed by atoms with E-state index < -0.39 is 0 Å². The maximum Gasteiger partial charge on any atom is 0.0465 e. The molecule has 6 aromatic rings. The fourth-order valence-corrected chi connectivity index (χ4v) is 10.8. The summed E-state index contributed by atoms with van der Waals surface area (Å²) in [4.78, 5) is 2.53. The molecular formula is C50H47N. The molecule has 0 radical (unpaired) electrons. The van der Waals surface area contributed by atoms with Crippen molar-refractivity contribution in [1.29, 1.82) is 0 Å². The van der Waals surface area contributed by atoms with Crippen molar-refractivity contribution in [2.45, 2.75) is 76.0 Å². The van der Waals surface area contributed by atoms with E-state index in [0.29, 0.717) is 0 Å². The minimum absolute atomic E-state index is 0.0642. The first-order chi connectivity index (χ1) is 25.0. The van der Waals surface area contributed by atoms with E-state index in [2.05, 4.69) is 158 Å². The standard InChI is InChI=1S/C50H47N/c1-49(2)45-17-8-6-15-41(45)43-25-23-39(32-47(43)49)51(38-21-19-37(20-22-38)36-13-4-3-5-14-36)40-24-26-44-42-16-7-9-18-46(42)50(48(44)33-40)29-27-34-11-10-12-35(31-34)28-30-50/h3-9,13-26,32-35H,10-12,27-31H2,1-2H3.